The average Bonchev–Trinajstić information content (AvgIpc) is 2.64. The molecule has 2 saturated heterocycles. The van der Waals surface area contributed by atoms with E-state index in [9.17, 15) is 4.79 Å². The second-order valence-corrected chi connectivity index (χ2v) is 6.27. The highest BCUT2D eigenvalue weighted by Gasteiger charge is 2.42. The molecule has 0 aromatic heterocycles. The van der Waals surface area contributed by atoms with Gasteiger partial charge in [0.05, 0.1) is 10.0 Å². The molecule has 1 amide bonds. The highest BCUT2D eigenvalue weighted by atomic mass is 35.5. The van der Waals surface area contributed by atoms with E-state index in [2.05, 4.69) is 0 Å². The third kappa shape index (κ3) is 2.35. The van der Waals surface area contributed by atoms with E-state index in [0.29, 0.717) is 15.6 Å². The molecule has 3 rings (SSSR count). The smallest absolute Gasteiger partial charge is 0.254 e. The fraction of sp³-hybridized carbons (Fsp3) is 0.500. The van der Waals surface area contributed by atoms with Gasteiger partial charge < -0.3 is 10.6 Å². The summed E-state index contributed by atoms with van der Waals surface area (Å²) in [6.45, 7) is 0. The first-order valence-electron chi connectivity index (χ1n) is 6.59. The molecule has 2 N–H and O–H groups in total. The minimum absolute atomic E-state index is 0.0537. The quantitative estimate of drug-likeness (QED) is 0.866. The number of carbonyl (C=O) groups is 1. The summed E-state index contributed by atoms with van der Waals surface area (Å²) in [5.41, 5.74) is 6.64. The van der Waals surface area contributed by atoms with Gasteiger partial charge in [-0.3, -0.25) is 4.79 Å². The number of nitrogens with zero attached hydrogens (tertiary/aromatic N) is 1. The van der Waals surface area contributed by atoms with Crippen LogP contribution < -0.4 is 5.73 Å². The lowest BCUT2D eigenvalue weighted by molar-refractivity contribution is 0.0575. The van der Waals surface area contributed by atoms with Crippen LogP contribution in [0.3, 0.4) is 0 Å². The van der Waals surface area contributed by atoms with Crippen LogP contribution in [0.1, 0.15) is 36.0 Å². The number of piperidine rings is 1. The number of nitrogens with two attached hydrogens (primary N) is 1. The summed E-state index contributed by atoms with van der Waals surface area (Å²) in [5, 5.41) is 0.899. The Hall–Kier alpha value is -0.770. The van der Waals surface area contributed by atoms with Crippen molar-refractivity contribution in [3.63, 3.8) is 0 Å². The molecule has 0 aliphatic carbocycles. The zero-order valence-electron chi connectivity index (χ0n) is 10.5. The van der Waals surface area contributed by atoms with Gasteiger partial charge in [-0.15, -0.1) is 0 Å². The number of amides is 1. The van der Waals surface area contributed by atoms with Crippen LogP contribution in [0.25, 0.3) is 0 Å². The molecule has 0 spiro atoms. The van der Waals surface area contributed by atoms with E-state index in [0.717, 1.165) is 25.7 Å². The van der Waals surface area contributed by atoms with Crippen molar-refractivity contribution in [2.45, 2.75) is 43.8 Å². The maximum absolute atomic E-state index is 12.6. The van der Waals surface area contributed by atoms with Crippen molar-refractivity contribution < 1.29 is 4.79 Å². The first kappa shape index (κ1) is 13.2. The fourth-order valence-corrected chi connectivity index (χ4v) is 3.63. The molecule has 3 nitrogen and oxygen atoms in total. The van der Waals surface area contributed by atoms with Gasteiger partial charge in [0, 0.05) is 23.7 Å². The molecule has 0 saturated carbocycles. The minimum atomic E-state index is 0.0537. The summed E-state index contributed by atoms with van der Waals surface area (Å²) in [6, 6.07) is 5.88. The Morgan fingerprint density at radius 1 is 1.16 bits per heavy atom. The molecule has 5 heteroatoms. The number of benzene rings is 1. The van der Waals surface area contributed by atoms with Crippen molar-refractivity contribution in [2.24, 2.45) is 5.73 Å². The lowest BCUT2D eigenvalue weighted by atomic mass is 9.97. The standard InChI is InChI=1S/C14H16Cl2N2O/c15-12-4-1-8(5-13(12)16)14(19)18-10-2-3-11(18)7-9(17)6-10/h1,4-5,9-11H,2-3,6-7,17H2. The summed E-state index contributed by atoms with van der Waals surface area (Å²) in [4.78, 5) is 14.6. The Morgan fingerprint density at radius 2 is 1.79 bits per heavy atom. The van der Waals surface area contributed by atoms with Gasteiger partial charge >= 0.3 is 0 Å². The van der Waals surface area contributed by atoms with Crippen LogP contribution in [0.15, 0.2) is 18.2 Å². The third-order valence-electron chi connectivity index (χ3n) is 4.17. The summed E-state index contributed by atoms with van der Waals surface area (Å²) in [7, 11) is 0. The minimum Gasteiger partial charge on any atom is -0.333 e. The van der Waals surface area contributed by atoms with Crippen LogP contribution in [0.5, 0.6) is 0 Å². The van der Waals surface area contributed by atoms with E-state index in [1.807, 2.05) is 4.90 Å². The Morgan fingerprint density at radius 3 is 2.37 bits per heavy atom. The van der Waals surface area contributed by atoms with E-state index in [1.165, 1.54) is 0 Å². The van der Waals surface area contributed by atoms with Crippen LogP contribution >= 0.6 is 23.2 Å². The average molecular weight is 299 g/mol. The first-order chi connectivity index (χ1) is 9.06. The molecule has 102 valence electrons. The Kier molecular flexibility index (Phi) is 3.46. The van der Waals surface area contributed by atoms with Crippen LogP contribution in [-0.2, 0) is 0 Å². The van der Waals surface area contributed by atoms with Crippen molar-refractivity contribution in [1.82, 2.24) is 4.90 Å². The molecule has 1 aromatic carbocycles. The Labute approximate surface area is 122 Å². The van der Waals surface area contributed by atoms with Gasteiger partial charge in [-0.05, 0) is 43.9 Å². The zero-order chi connectivity index (χ0) is 13.6. The number of halogens is 2. The molecule has 2 fully saturated rings. The lowest BCUT2D eigenvalue weighted by Crippen LogP contribution is -2.50. The van der Waals surface area contributed by atoms with Crippen LogP contribution in [0.4, 0.5) is 0 Å². The topological polar surface area (TPSA) is 46.3 Å². The molecule has 2 bridgehead atoms. The molecule has 0 radical (unpaired) electrons. The Bertz CT molecular complexity index is 506. The number of fused-ring (bicyclic) bond motifs is 2. The summed E-state index contributed by atoms with van der Waals surface area (Å²) in [5.74, 6) is 0.0537. The lowest BCUT2D eigenvalue weighted by Gasteiger charge is -2.37. The van der Waals surface area contributed by atoms with Gasteiger partial charge in [-0.1, -0.05) is 23.2 Å². The van der Waals surface area contributed by atoms with Gasteiger partial charge in [-0.25, -0.2) is 0 Å². The van der Waals surface area contributed by atoms with E-state index in [-0.39, 0.29) is 24.0 Å². The highest BCUT2D eigenvalue weighted by molar-refractivity contribution is 6.42. The number of rotatable bonds is 1. The largest absolute Gasteiger partial charge is 0.333 e. The number of hydrogen-bond donors (Lipinski definition) is 1. The number of carbonyl (C=O) groups excluding carboxylic acids is 1. The van der Waals surface area contributed by atoms with E-state index < -0.39 is 0 Å². The summed E-state index contributed by atoms with van der Waals surface area (Å²) in [6.07, 6.45) is 3.93. The Balaban J connectivity index is 1.86. The monoisotopic (exact) mass is 298 g/mol. The first-order valence-corrected chi connectivity index (χ1v) is 7.35. The molecule has 1 aromatic rings. The highest BCUT2D eigenvalue weighted by Crippen LogP contribution is 2.36. The molecule has 2 heterocycles. The SMILES string of the molecule is NC1CC2CCC(C1)N2C(=O)c1ccc(Cl)c(Cl)c1. The van der Waals surface area contributed by atoms with Crippen LogP contribution in [0, 0.1) is 0 Å². The predicted molar refractivity (Wildman–Crippen MR) is 76.7 cm³/mol. The van der Waals surface area contributed by atoms with E-state index in [1.54, 1.807) is 18.2 Å². The van der Waals surface area contributed by atoms with Gasteiger partial charge in [0.25, 0.3) is 5.91 Å². The normalized spacial score (nSPS) is 29.6. The zero-order valence-corrected chi connectivity index (χ0v) is 12.0. The number of hydrogen-bond acceptors (Lipinski definition) is 2. The van der Waals surface area contributed by atoms with Crippen LogP contribution in [0.2, 0.25) is 10.0 Å². The molecular weight excluding hydrogens is 283 g/mol. The van der Waals surface area contributed by atoms with Crippen molar-refractivity contribution in [1.29, 1.82) is 0 Å². The second-order valence-electron chi connectivity index (χ2n) is 5.46. The third-order valence-corrected chi connectivity index (χ3v) is 4.91. The maximum atomic E-state index is 12.6. The summed E-state index contributed by atoms with van der Waals surface area (Å²) < 4.78 is 0. The van der Waals surface area contributed by atoms with Crippen molar-refractivity contribution >= 4 is 29.1 Å². The predicted octanol–water partition coefficient (Wildman–Crippen LogP) is 3.09. The van der Waals surface area contributed by atoms with Gasteiger partial charge in [0.1, 0.15) is 0 Å². The van der Waals surface area contributed by atoms with Crippen LogP contribution in [-0.4, -0.2) is 28.9 Å². The van der Waals surface area contributed by atoms with Crippen molar-refractivity contribution in [3.05, 3.63) is 33.8 Å². The summed E-state index contributed by atoms with van der Waals surface area (Å²) >= 11 is 11.9. The van der Waals surface area contributed by atoms with Gasteiger partial charge in [-0.2, -0.15) is 0 Å². The molecule has 2 aliphatic rings. The van der Waals surface area contributed by atoms with Crippen molar-refractivity contribution in [2.75, 3.05) is 0 Å². The van der Waals surface area contributed by atoms with Gasteiger partial charge in [0.15, 0.2) is 0 Å². The van der Waals surface area contributed by atoms with E-state index in [4.69, 9.17) is 28.9 Å². The van der Waals surface area contributed by atoms with Gasteiger partial charge in [0.2, 0.25) is 0 Å². The maximum Gasteiger partial charge on any atom is 0.254 e. The fourth-order valence-electron chi connectivity index (χ4n) is 3.33. The second kappa shape index (κ2) is 4.97. The molecule has 2 unspecified atom stereocenters. The molecule has 2 aliphatic heterocycles. The van der Waals surface area contributed by atoms with E-state index >= 15 is 0 Å². The molecular formula is C14H16Cl2N2O. The van der Waals surface area contributed by atoms with Crippen molar-refractivity contribution in [3.8, 4) is 0 Å². The molecule has 19 heavy (non-hydrogen) atoms. The molecule has 2 atom stereocenters.